The maximum absolute atomic E-state index is 5.07. The molecule has 0 saturated heterocycles. The highest BCUT2D eigenvalue weighted by molar-refractivity contribution is 7.26. The van der Waals surface area contributed by atoms with Gasteiger partial charge >= 0.3 is 0 Å². The quantitative estimate of drug-likeness (QED) is 0.180. The zero-order chi connectivity index (χ0) is 32.3. The maximum Gasteiger partial charge on any atom is 0.165 e. The van der Waals surface area contributed by atoms with Gasteiger partial charge in [-0.05, 0) is 61.6 Å². The number of thiophene rings is 1. The molecule has 0 radical (unpaired) electrons. The lowest BCUT2D eigenvalue weighted by Gasteiger charge is -2.12. The van der Waals surface area contributed by atoms with Crippen LogP contribution in [0.4, 0.5) is 0 Å². The van der Waals surface area contributed by atoms with Gasteiger partial charge in [0.05, 0.1) is 0 Å². The smallest absolute Gasteiger partial charge is 0.165 e. The van der Waals surface area contributed by atoms with Gasteiger partial charge in [0.15, 0.2) is 17.5 Å². The van der Waals surface area contributed by atoms with E-state index < -0.39 is 0 Å². The first-order valence-electron chi connectivity index (χ1n) is 16.5. The van der Waals surface area contributed by atoms with Crippen molar-refractivity contribution in [1.82, 2.24) is 15.0 Å². The highest BCUT2D eigenvalue weighted by Gasteiger charge is 2.19. The summed E-state index contributed by atoms with van der Waals surface area (Å²) in [5.74, 6) is 2.01. The van der Waals surface area contributed by atoms with Gasteiger partial charge in [-0.2, -0.15) is 0 Å². The van der Waals surface area contributed by atoms with Gasteiger partial charge in [0, 0.05) is 36.9 Å². The number of rotatable bonds is 4. The number of nitrogens with zero attached hydrogens (tertiary/aromatic N) is 3. The zero-order valence-corrected chi connectivity index (χ0v) is 27.2. The van der Waals surface area contributed by atoms with E-state index in [0.717, 1.165) is 16.7 Å². The molecule has 0 unspecified atom stereocenters. The van der Waals surface area contributed by atoms with Crippen LogP contribution in [0, 0.1) is 0 Å². The van der Waals surface area contributed by atoms with E-state index in [1.807, 2.05) is 36.4 Å². The van der Waals surface area contributed by atoms with E-state index in [-0.39, 0.29) is 0 Å². The molecule has 0 aliphatic rings. The average molecular weight is 642 g/mol. The summed E-state index contributed by atoms with van der Waals surface area (Å²) in [5.41, 5.74) is 5.38. The monoisotopic (exact) mass is 641 g/mol. The number of hydrogen-bond donors (Lipinski definition) is 0. The van der Waals surface area contributed by atoms with E-state index in [2.05, 4.69) is 127 Å². The Morgan fingerprint density at radius 2 is 0.816 bits per heavy atom. The highest BCUT2D eigenvalue weighted by atomic mass is 32.1. The fraction of sp³-hybridized carbons (Fsp3) is 0. The van der Waals surface area contributed by atoms with Crippen LogP contribution in [-0.2, 0) is 0 Å². The molecule has 0 spiro atoms. The SMILES string of the molecule is c1ccc(-c2nc(-c3ccccc3)nc(-c3cccc4c3sc3cccc(-c5ccc6c7ccccc7c7ccccc7c6c5)c34)n2)cc1. The van der Waals surface area contributed by atoms with E-state index in [9.17, 15) is 0 Å². The van der Waals surface area contributed by atoms with Crippen LogP contribution >= 0.6 is 11.3 Å². The topological polar surface area (TPSA) is 38.7 Å². The molecular weight excluding hydrogens is 615 g/mol. The number of hydrogen-bond acceptors (Lipinski definition) is 4. The molecule has 0 amide bonds. The van der Waals surface area contributed by atoms with Crippen LogP contribution < -0.4 is 0 Å². The average Bonchev–Trinajstić information content (AvgIpc) is 3.58. The second kappa shape index (κ2) is 11.2. The Balaban J connectivity index is 1.20. The molecule has 0 bridgehead atoms. The second-order valence-electron chi connectivity index (χ2n) is 12.4. The molecule has 0 fully saturated rings. The normalized spacial score (nSPS) is 11.7. The van der Waals surface area contributed by atoms with E-state index in [4.69, 9.17) is 15.0 Å². The van der Waals surface area contributed by atoms with Crippen LogP contribution in [-0.4, -0.2) is 15.0 Å². The lowest BCUT2D eigenvalue weighted by atomic mass is 9.91. The molecule has 0 saturated carbocycles. The Kier molecular flexibility index (Phi) is 6.36. The molecule has 10 aromatic rings. The van der Waals surface area contributed by atoms with Crippen LogP contribution in [0.1, 0.15) is 0 Å². The van der Waals surface area contributed by atoms with Crippen molar-refractivity contribution in [3.63, 3.8) is 0 Å². The molecule has 0 atom stereocenters. The molecule has 49 heavy (non-hydrogen) atoms. The van der Waals surface area contributed by atoms with Crippen LogP contribution in [0.25, 0.3) is 97.8 Å². The lowest BCUT2D eigenvalue weighted by molar-refractivity contribution is 1.08. The van der Waals surface area contributed by atoms with Crippen molar-refractivity contribution in [3.8, 4) is 45.3 Å². The maximum atomic E-state index is 5.07. The van der Waals surface area contributed by atoms with Crippen LogP contribution in [0.5, 0.6) is 0 Å². The number of aromatic nitrogens is 3. The molecule has 3 nitrogen and oxygen atoms in total. The minimum absolute atomic E-state index is 0.666. The first kappa shape index (κ1) is 27.8. The molecule has 0 aliphatic carbocycles. The van der Waals surface area contributed by atoms with Crippen LogP contribution in [0.3, 0.4) is 0 Å². The highest BCUT2D eigenvalue weighted by Crippen LogP contribution is 2.45. The largest absolute Gasteiger partial charge is 0.208 e. The summed E-state index contributed by atoms with van der Waals surface area (Å²) in [6.45, 7) is 0. The summed E-state index contributed by atoms with van der Waals surface area (Å²) in [5, 5.41) is 10.2. The van der Waals surface area contributed by atoms with Crippen molar-refractivity contribution in [2.45, 2.75) is 0 Å². The standard InChI is InChI=1S/C45H27N3S/c1-3-13-28(14-4-1)43-46-44(29-15-5-2-6-16-29)48-45(47-43)38-23-11-22-37-41-31(21-12-24-40(41)49-42(37)38)30-25-26-36-34-19-8-7-17-32(34)33-18-9-10-20-35(33)39(36)27-30/h1-27H. The summed E-state index contributed by atoms with van der Waals surface area (Å²) < 4.78 is 2.41. The summed E-state index contributed by atoms with van der Waals surface area (Å²) in [6.07, 6.45) is 0. The molecule has 10 rings (SSSR count). The minimum Gasteiger partial charge on any atom is -0.208 e. The van der Waals surface area contributed by atoms with Crippen molar-refractivity contribution < 1.29 is 0 Å². The first-order chi connectivity index (χ1) is 24.3. The van der Waals surface area contributed by atoms with Crippen molar-refractivity contribution in [1.29, 1.82) is 0 Å². The third-order valence-electron chi connectivity index (χ3n) is 9.52. The van der Waals surface area contributed by atoms with Gasteiger partial charge < -0.3 is 0 Å². The van der Waals surface area contributed by atoms with Gasteiger partial charge in [0.2, 0.25) is 0 Å². The molecule has 8 aromatic carbocycles. The van der Waals surface area contributed by atoms with Crippen molar-refractivity contribution in [2.24, 2.45) is 0 Å². The fourth-order valence-electron chi connectivity index (χ4n) is 7.27. The molecule has 2 aromatic heterocycles. The third-order valence-corrected chi connectivity index (χ3v) is 10.7. The van der Waals surface area contributed by atoms with Gasteiger partial charge in [-0.1, -0.05) is 146 Å². The molecule has 0 aliphatic heterocycles. The first-order valence-corrected chi connectivity index (χ1v) is 17.3. The van der Waals surface area contributed by atoms with E-state index in [0.29, 0.717) is 17.5 Å². The Bertz CT molecular complexity index is 2780. The van der Waals surface area contributed by atoms with Crippen LogP contribution in [0.15, 0.2) is 164 Å². The lowest BCUT2D eigenvalue weighted by Crippen LogP contribution is -2.00. The third kappa shape index (κ3) is 4.53. The Hall–Kier alpha value is -6.23. The van der Waals surface area contributed by atoms with Crippen molar-refractivity contribution >= 4 is 63.8 Å². The van der Waals surface area contributed by atoms with E-state index >= 15 is 0 Å². The van der Waals surface area contributed by atoms with Gasteiger partial charge in [0.1, 0.15) is 0 Å². The van der Waals surface area contributed by atoms with Crippen molar-refractivity contribution in [2.75, 3.05) is 0 Å². The molecular formula is C45H27N3S. The summed E-state index contributed by atoms with van der Waals surface area (Å²) in [6, 6.07) is 58.0. The Morgan fingerprint density at radius 3 is 1.45 bits per heavy atom. The molecule has 228 valence electrons. The second-order valence-corrected chi connectivity index (χ2v) is 13.4. The fourth-order valence-corrected chi connectivity index (χ4v) is 8.51. The summed E-state index contributed by atoms with van der Waals surface area (Å²) >= 11 is 1.80. The zero-order valence-electron chi connectivity index (χ0n) is 26.3. The predicted octanol–water partition coefficient (Wildman–Crippen LogP) is 12.4. The Morgan fingerprint density at radius 1 is 0.327 bits per heavy atom. The van der Waals surface area contributed by atoms with E-state index in [1.54, 1.807) is 11.3 Å². The minimum atomic E-state index is 0.666. The molecule has 2 heterocycles. The summed E-state index contributed by atoms with van der Waals surface area (Å²) in [7, 11) is 0. The number of benzene rings is 8. The molecule has 4 heteroatoms. The van der Waals surface area contributed by atoms with Gasteiger partial charge in [-0.15, -0.1) is 11.3 Å². The van der Waals surface area contributed by atoms with Gasteiger partial charge in [0.25, 0.3) is 0 Å². The van der Waals surface area contributed by atoms with Gasteiger partial charge in [-0.25, -0.2) is 15.0 Å². The van der Waals surface area contributed by atoms with Crippen LogP contribution in [0.2, 0.25) is 0 Å². The van der Waals surface area contributed by atoms with E-state index in [1.165, 1.54) is 63.6 Å². The predicted molar refractivity (Wildman–Crippen MR) is 207 cm³/mol. The Labute approximate surface area is 286 Å². The number of fused-ring (bicyclic) bond motifs is 9. The summed E-state index contributed by atoms with van der Waals surface area (Å²) in [4.78, 5) is 15.1. The molecule has 0 N–H and O–H groups in total. The van der Waals surface area contributed by atoms with Gasteiger partial charge in [-0.3, -0.25) is 0 Å². The van der Waals surface area contributed by atoms with Crippen molar-refractivity contribution in [3.05, 3.63) is 164 Å².